The lowest BCUT2D eigenvalue weighted by Gasteiger charge is -2.31. The van der Waals surface area contributed by atoms with E-state index in [1.165, 1.54) is 0 Å². The molecule has 1 rings (SSSR count). The van der Waals surface area contributed by atoms with Crippen LogP contribution < -0.4 is 5.73 Å². The highest BCUT2D eigenvalue weighted by atomic mass is 19.1. The second-order valence-corrected chi connectivity index (χ2v) is 5.20. The molecule has 1 heterocycles. The molecule has 1 amide bonds. The smallest absolute Gasteiger partial charge is 0.272 e. The zero-order valence-corrected chi connectivity index (χ0v) is 10.6. The van der Waals surface area contributed by atoms with Gasteiger partial charge in [0.1, 0.15) is 6.07 Å². The third-order valence-corrected chi connectivity index (χ3v) is 3.17. The summed E-state index contributed by atoms with van der Waals surface area (Å²) in [6, 6.07) is 0.611. The average molecular weight is 241 g/mol. The molecule has 1 aliphatic heterocycles. The van der Waals surface area contributed by atoms with Gasteiger partial charge in [-0.15, -0.1) is 0 Å². The number of carbonyl (C=O) groups is 1. The van der Waals surface area contributed by atoms with E-state index in [2.05, 4.69) is 0 Å². The quantitative estimate of drug-likeness (QED) is 0.762. The lowest BCUT2D eigenvalue weighted by molar-refractivity contribution is -0.142. The Labute approximate surface area is 102 Å². The van der Waals surface area contributed by atoms with Crippen LogP contribution in [-0.2, 0) is 4.79 Å². The molecule has 3 atom stereocenters. The molecule has 0 aromatic heterocycles. The minimum atomic E-state index is -2.18. The number of hydrogen-bond donors (Lipinski definition) is 1. The monoisotopic (exact) mass is 241 g/mol. The Bertz CT molecular complexity index is 339. The first-order chi connectivity index (χ1) is 7.81. The van der Waals surface area contributed by atoms with Crippen molar-refractivity contribution < 1.29 is 9.18 Å². The van der Waals surface area contributed by atoms with Crippen LogP contribution in [0.1, 0.15) is 40.0 Å². The van der Waals surface area contributed by atoms with Gasteiger partial charge in [-0.05, 0) is 25.7 Å². The van der Waals surface area contributed by atoms with Crippen molar-refractivity contribution in [1.29, 1.82) is 5.26 Å². The Balaban J connectivity index is 2.83. The fourth-order valence-electron chi connectivity index (χ4n) is 2.29. The second-order valence-electron chi connectivity index (χ2n) is 5.20. The van der Waals surface area contributed by atoms with Gasteiger partial charge < -0.3 is 5.73 Å². The first-order valence-electron chi connectivity index (χ1n) is 6.00. The largest absolute Gasteiger partial charge is 0.320 e. The topological polar surface area (TPSA) is 70.1 Å². The van der Waals surface area contributed by atoms with Crippen molar-refractivity contribution in [3.8, 4) is 6.07 Å². The molecule has 17 heavy (non-hydrogen) atoms. The molecule has 0 radical (unpaired) electrons. The molecule has 1 saturated heterocycles. The number of amides is 1. The van der Waals surface area contributed by atoms with Crippen LogP contribution in [-0.4, -0.2) is 28.7 Å². The first kappa shape index (κ1) is 13.9. The van der Waals surface area contributed by atoms with Crippen molar-refractivity contribution in [3.05, 3.63) is 0 Å². The summed E-state index contributed by atoms with van der Waals surface area (Å²) in [4.78, 5) is 13.1. The maximum Gasteiger partial charge on any atom is 0.272 e. The number of nitrogens with two attached hydrogens (primary N) is 1. The van der Waals surface area contributed by atoms with Gasteiger partial charge in [0.15, 0.2) is 0 Å². The zero-order chi connectivity index (χ0) is 13.2. The number of rotatable bonds is 3. The van der Waals surface area contributed by atoms with Gasteiger partial charge in [0.25, 0.3) is 5.79 Å². The summed E-state index contributed by atoms with van der Waals surface area (Å²) < 4.78 is 14.2. The molecule has 5 heteroatoms. The fraction of sp³-hybridized carbons (Fsp3) is 0.833. The molecule has 4 nitrogen and oxygen atoms in total. The minimum Gasteiger partial charge on any atom is -0.320 e. The highest BCUT2D eigenvalue weighted by Gasteiger charge is 2.49. The number of carbonyl (C=O) groups excluding carboxylic acids is 1. The van der Waals surface area contributed by atoms with Crippen molar-refractivity contribution in [2.24, 2.45) is 11.7 Å². The fourth-order valence-corrected chi connectivity index (χ4v) is 2.29. The van der Waals surface area contributed by atoms with Gasteiger partial charge in [0.2, 0.25) is 5.91 Å². The van der Waals surface area contributed by atoms with Crippen LogP contribution in [0, 0.1) is 17.2 Å². The maximum atomic E-state index is 14.2. The van der Waals surface area contributed by atoms with Crippen LogP contribution in [0.4, 0.5) is 4.39 Å². The minimum absolute atomic E-state index is 0.0742. The summed E-state index contributed by atoms with van der Waals surface area (Å²) in [7, 11) is 0. The lowest BCUT2D eigenvalue weighted by atomic mass is 10.0. The van der Waals surface area contributed by atoms with Gasteiger partial charge in [-0.2, -0.15) is 5.26 Å². The Kier molecular flexibility index (Phi) is 4.10. The van der Waals surface area contributed by atoms with Crippen LogP contribution in [0.15, 0.2) is 0 Å². The summed E-state index contributed by atoms with van der Waals surface area (Å²) >= 11 is 0. The van der Waals surface area contributed by atoms with E-state index in [1.54, 1.807) is 13.0 Å². The van der Waals surface area contributed by atoms with E-state index >= 15 is 0 Å². The average Bonchev–Trinajstić information content (AvgIpc) is 2.54. The zero-order valence-electron chi connectivity index (χ0n) is 10.6. The van der Waals surface area contributed by atoms with Gasteiger partial charge >= 0.3 is 0 Å². The van der Waals surface area contributed by atoms with E-state index in [0.29, 0.717) is 12.8 Å². The maximum absolute atomic E-state index is 14.2. The standard InChI is InChI=1S/C12H20FN3O/c1-8(2)6-10(15)11(17)16-9(3)4-5-12(16,13)7-14/h8-10H,4-6,15H2,1-3H3. The second kappa shape index (κ2) is 5.01. The first-order valence-corrected chi connectivity index (χ1v) is 6.00. The van der Waals surface area contributed by atoms with Crippen molar-refractivity contribution in [1.82, 2.24) is 4.90 Å². The lowest BCUT2D eigenvalue weighted by Crippen LogP contribution is -2.53. The van der Waals surface area contributed by atoms with E-state index in [0.717, 1.165) is 4.90 Å². The van der Waals surface area contributed by atoms with Crippen molar-refractivity contribution in [2.45, 2.75) is 57.9 Å². The molecule has 1 fully saturated rings. The molecule has 0 saturated carbocycles. The van der Waals surface area contributed by atoms with Crippen LogP contribution >= 0.6 is 0 Å². The molecule has 2 N–H and O–H groups in total. The summed E-state index contributed by atoms with van der Waals surface area (Å²) in [6.45, 7) is 5.65. The number of halogens is 1. The highest BCUT2D eigenvalue weighted by molar-refractivity contribution is 5.83. The molecule has 0 spiro atoms. The number of likely N-dealkylation sites (tertiary alicyclic amines) is 1. The number of nitriles is 1. The molecular weight excluding hydrogens is 221 g/mol. The summed E-state index contributed by atoms with van der Waals surface area (Å²) in [5.74, 6) is -2.36. The molecule has 96 valence electrons. The van der Waals surface area contributed by atoms with Crippen LogP contribution in [0.2, 0.25) is 0 Å². The number of alkyl halides is 1. The van der Waals surface area contributed by atoms with Crippen molar-refractivity contribution in [2.75, 3.05) is 0 Å². The SMILES string of the molecule is CC(C)CC(N)C(=O)N1C(C)CCC1(F)C#N. The molecular formula is C12H20FN3O. The van der Waals surface area contributed by atoms with Crippen LogP contribution in [0.25, 0.3) is 0 Å². The normalized spacial score (nSPS) is 30.4. The van der Waals surface area contributed by atoms with Gasteiger partial charge in [0.05, 0.1) is 6.04 Å². The Hall–Kier alpha value is -1.15. The molecule has 1 aliphatic rings. The molecule has 0 aliphatic carbocycles. The number of hydrogen-bond acceptors (Lipinski definition) is 3. The molecule has 0 bridgehead atoms. The Morgan fingerprint density at radius 3 is 2.76 bits per heavy atom. The predicted molar refractivity (Wildman–Crippen MR) is 62.4 cm³/mol. The Morgan fingerprint density at radius 2 is 2.29 bits per heavy atom. The van der Waals surface area contributed by atoms with E-state index < -0.39 is 17.7 Å². The predicted octanol–water partition coefficient (Wildman–Crippen LogP) is 1.56. The van der Waals surface area contributed by atoms with E-state index in [1.807, 2.05) is 13.8 Å². The van der Waals surface area contributed by atoms with E-state index in [-0.39, 0.29) is 18.4 Å². The van der Waals surface area contributed by atoms with Crippen molar-refractivity contribution >= 4 is 5.91 Å². The molecule has 0 aromatic carbocycles. The van der Waals surface area contributed by atoms with Gasteiger partial charge in [-0.1, -0.05) is 13.8 Å². The van der Waals surface area contributed by atoms with Crippen LogP contribution in [0.5, 0.6) is 0 Å². The van der Waals surface area contributed by atoms with Gasteiger partial charge in [-0.3, -0.25) is 9.69 Å². The van der Waals surface area contributed by atoms with Crippen molar-refractivity contribution in [3.63, 3.8) is 0 Å². The summed E-state index contributed by atoms with van der Waals surface area (Å²) in [6.07, 6.45) is 1.08. The van der Waals surface area contributed by atoms with E-state index in [4.69, 9.17) is 11.0 Å². The third-order valence-electron chi connectivity index (χ3n) is 3.17. The highest BCUT2D eigenvalue weighted by Crippen LogP contribution is 2.35. The molecule has 0 aromatic rings. The van der Waals surface area contributed by atoms with Gasteiger partial charge in [0, 0.05) is 12.5 Å². The summed E-state index contributed by atoms with van der Waals surface area (Å²) in [5.41, 5.74) is 5.77. The molecule has 3 unspecified atom stereocenters. The summed E-state index contributed by atoms with van der Waals surface area (Å²) in [5, 5.41) is 8.87. The number of nitrogens with zero attached hydrogens (tertiary/aromatic N) is 2. The van der Waals surface area contributed by atoms with Crippen LogP contribution in [0.3, 0.4) is 0 Å². The van der Waals surface area contributed by atoms with Gasteiger partial charge in [-0.25, -0.2) is 4.39 Å². The Morgan fingerprint density at radius 1 is 1.71 bits per heavy atom. The third kappa shape index (κ3) is 2.75. The van der Waals surface area contributed by atoms with E-state index in [9.17, 15) is 9.18 Å².